The standard InChI is InChI=1S/C6H3ClN2O3S/c7-13(10,11)6-4-2-1-3-8-5(4)12-9-6/h1-3H. The van der Waals surface area contributed by atoms with Gasteiger partial charge in [0, 0.05) is 16.9 Å². The second-order valence-electron chi connectivity index (χ2n) is 2.28. The van der Waals surface area contributed by atoms with Gasteiger partial charge in [-0.2, -0.15) is 0 Å². The van der Waals surface area contributed by atoms with Crippen LogP contribution in [0.15, 0.2) is 27.9 Å². The average molecular weight is 219 g/mol. The van der Waals surface area contributed by atoms with Crippen LogP contribution in [0.4, 0.5) is 0 Å². The molecule has 0 spiro atoms. The molecule has 7 heteroatoms. The lowest BCUT2D eigenvalue weighted by molar-refractivity contribution is 0.427. The van der Waals surface area contributed by atoms with E-state index in [1.165, 1.54) is 12.3 Å². The zero-order valence-corrected chi connectivity index (χ0v) is 7.71. The summed E-state index contributed by atoms with van der Waals surface area (Å²) in [6.45, 7) is 0. The first-order valence-electron chi connectivity index (χ1n) is 3.24. The molecule has 0 N–H and O–H groups in total. The summed E-state index contributed by atoms with van der Waals surface area (Å²) >= 11 is 0. The van der Waals surface area contributed by atoms with E-state index in [2.05, 4.69) is 14.7 Å². The second-order valence-corrected chi connectivity index (χ2v) is 4.76. The molecule has 0 saturated carbocycles. The Kier molecular flexibility index (Phi) is 1.74. The van der Waals surface area contributed by atoms with Crippen molar-refractivity contribution in [2.75, 3.05) is 0 Å². The summed E-state index contributed by atoms with van der Waals surface area (Å²) in [5.41, 5.74) is 0.154. The maximum Gasteiger partial charge on any atom is 0.282 e. The normalized spacial score (nSPS) is 12.1. The quantitative estimate of drug-likeness (QED) is 0.672. The van der Waals surface area contributed by atoms with Crippen molar-refractivity contribution in [3.05, 3.63) is 18.3 Å². The maximum atomic E-state index is 10.9. The van der Waals surface area contributed by atoms with Gasteiger partial charge in [0.15, 0.2) is 0 Å². The van der Waals surface area contributed by atoms with Crippen LogP contribution in [0.3, 0.4) is 0 Å². The zero-order chi connectivity index (χ0) is 9.47. The monoisotopic (exact) mass is 218 g/mol. The summed E-state index contributed by atoms with van der Waals surface area (Å²) < 4.78 is 26.5. The van der Waals surface area contributed by atoms with E-state index in [-0.39, 0.29) is 16.1 Å². The number of hydrogen-bond donors (Lipinski definition) is 0. The Morgan fingerprint density at radius 3 is 2.92 bits per heavy atom. The summed E-state index contributed by atoms with van der Waals surface area (Å²) in [7, 11) is 1.24. The molecule has 0 fully saturated rings. The van der Waals surface area contributed by atoms with E-state index in [4.69, 9.17) is 10.7 Å². The third kappa shape index (κ3) is 1.38. The zero-order valence-electron chi connectivity index (χ0n) is 6.14. The van der Waals surface area contributed by atoms with Gasteiger partial charge in [-0.15, -0.1) is 0 Å². The van der Waals surface area contributed by atoms with Gasteiger partial charge in [-0.05, 0) is 12.1 Å². The molecule has 2 aromatic heterocycles. The molecule has 13 heavy (non-hydrogen) atoms. The molecule has 0 bridgehead atoms. The SMILES string of the molecule is O=S(=O)(Cl)c1noc2ncccc12. The van der Waals surface area contributed by atoms with E-state index in [9.17, 15) is 8.42 Å². The van der Waals surface area contributed by atoms with E-state index >= 15 is 0 Å². The number of pyridine rings is 1. The molecule has 2 heterocycles. The van der Waals surface area contributed by atoms with Crippen molar-refractivity contribution in [2.45, 2.75) is 5.03 Å². The third-order valence-electron chi connectivity index (χ3n) is 1.45. The summed E-state index contributed by atoms with van der Waals surface area (Å²) in [5, 5.41) is 3.30. The molecule has 0 saturated heterocycles. The van der Waals surface area contributed by atoms with Crippen LogP contribution >= 0.6 is 10.7 Å². The summed E-state index contributed by atoms with van der Waals surface area (Å²) in [6, 6.07) is 3.10. The van der Waals surface area contributed by atoms with E-state index in [1.807, 2.05) is 0 Å². The van der Waals surface area contributed by atoms with Crippen molar-refractivity contribution in [1.82, 2.24) is 10.1 Å². The highest BCUT2D eigenvalue weighted by atomic mass is 35.7. The predicted molar refractivity (Wildman–Crippen MR) is 44.8 cm³/mol. The number of rotatable bonds is 1. The summed E-state index contributed by atoms with van der Waals surface area (Å²) in [6.07, 6.45) is 1.47. The van der Waals surface area contributed by atoms with Crippen LogP contribution in [-0.4, -0.2) is 18.6 Å². The van der Waals surface area contributed by atoms with E-state index < -0.39 is 9.05 Å². The Bertz CT molecular complexity index is 548. The van der Waals surface area contributed by atoms with Crippen molar-refractivity contribution >= 4 is 30.8 Å². The molecule has 0 radical (unpaired) electrons. The van der Waals surface area contributed by atoms with Crippen LogP contribution in [0.25, 0.3) is 11.1 Å². The molecule has 2 rings (SSSR count). The van der Waals surface area contributed by atoms with Crippen LogP contribution < -0.4 is 0 Å². The number of nitrogens with zero attached hydrogens (tertiary/aromatic N) is 2. The lowest BCUT2D eigenvalue weighted by Crippen LogP contribution is -1.90. The van der Waals surface area contributed by atoms with Crippen molar-refractivity contribution in [3.8, 4) is 0 Å². The highest BCUT2D eigenvalue weighted by Gasteiger charge is 2.20. The van der Waals surface area contributed by atoms with Crippen molar-refractivity contribution in [3.63, 3.8) is 0 Å². The maximum absolute atomic E-state index is 10.9. The second kappa shape index (κ2) is 2.68. The minimum atomic E-state index is -3.86. The molecule has 0 unspecified atom stereocenters. The Hall–Kier alpha value is -1.14. The molecule has 0 aromatic carbocycles. The highest BCUT2D eigenvalue weighted by molar-refractivity contribution is 8.13. The van der Waals surface area contributed by atoms with Gasteiger partial charge >= 0.3 is 0 Å². The summed E-state index contributed by atoms with van der Waals surface area (Å²) in [4.78, 5) is 3.76. The third-order valence-corrected chi connectivity index (χ3v) is 2.64. The number of aromatic nitrogens is 2. The molecule has 5 nitrogen and oxygen atoms in total. The van der Waals surface area contributed by atoms with Gasteiger partial charge in [0.25, 0.3) is 14.8 Å². The first-order valence-corrected chi connectivity index (χ1v) is 5.55. The Morgan fingerprint density at radius 1 is 1.46 bits per heavy atom. The van der Waals surface area contributed by atoms with Gasteiger partial charge in [0.2, 0.25) is 5.03 Å². The summed E-state index contributed by atoms with van der Waals surface area (Å²) in [5.74, 6) is 0. The van der Waals surface area contributed by atoms with E-state index in [0.717, 1.165) is 0 Å². The smallest absolute Gasteiger partial charge is 0.282 e. The van der Waals surface area contributed by atoms with Gasteiger partial charge in [0.1, 0.15) is 0 Å². The molecule has 2 aromatic rings. The van der Waals surface area contributed by atoms with E-state index in [1.54, 1.807) is 6.07 Å². The van der Waals surface area contributed by atoms with Gasteiger partial charge in [-0.3, -0.25) is 0 Å². The van der Waals surface area contributed by atoms with Crippen LogP contribution in [0.5, 0.6) is 0 Å². The lowest BCUT2D eigenvalue weighted by Gasteiger charge is -1.86. The molecule has 0 atom stereocenters. The highest BCUT2D eigenvalue weighted by Crippen LogP contribution is 2.22. The minimum absolute atomic E-state index is 0.154. The van der Waals surface area contributed by atoms with Crippen LogP contribution in [0.2, 0.25) is 0 Å². The molecular formula is C6H3ClN2O3S. The lowest BCUT2D eigenvalue weighted by atomic mass is 10.4. The molecule has 0 aliphatic rings. The Morgan fingerprint density at radius 2 is 2.23 bits per heavy atom. The fraction of sp³-hybridized carbons (Fsp3) is 0. The van der Waals surface area contributed by atoms with Crippen LogP contribution in [0.1, 0.15) is 0 Å². The average Bonchev–Trinajstić information content (AvgIpc) is 2.45. The predicted octanol–water partition coefficient (Wildman–Crippen LogP) is 1.15. The number of hydrogen-bond acceptors (Lipinski definition) is 5. The minimum Gasteiger partial charge on any atom is -0.334 e. The van der Waals surface area contributed by atoms with Crippen molar-refractivity contribution in [2.24, 2.45) is 0 Å². The first-order chi connectivity index (χ1) is 6.09. The molecule has 0 aliphatic carbocycles. The van der Waals surface area contributed by atoms with Gasteiger partial charge in [-0.1, -0.05) is 5.16 Å². The number of fused-ring (bicyclic) bond motifs is 1. The van der Waals surface area contributed by atoms with Gasteiger partial charge in [-0.25, -0.2) is 13.4 Å². The number of halogens is 1. The Balaban J connectivity index is 2.87. The van der Waals surface area contributed by atoms with Crippen molar-refractivity contribution in [1.29, 1.82) is 0 Å². The van der Waals surface area contributed by atoms with Gasteiger partial charge < -0.3 is 4.52 Å². The molecule has 68 valence electrons. The fourth-order valence-corrected chi connectivity index (χ4v) is 1.81. The van der Waals surface area contributed by atoms with Gasteiger partial charge in [0.05, 0.1) is 5.39 Å². The molecule has 0 aliphatic heterocycles. The van der Waals surface area contributed by atoms with E-state index in [0.29, 0.717) is 0 Å². The molecular weight excluding hydrogens is 216 g/mol. The van der Waals surface area contributed by atoms with Crippen LogP contribution in [0, 0.1) is 0 Å². The van der Waals surface area contributed by atoms with Crippen LogP contribution in [-0.2, 0) is 9.05 Å². The first kappa shape index (κ1) is 8.46. The topological polar surface area (TPSA) is 73.1 Å². The largest absolute Gasteiger partial charge is 0.334 e. The molecule has 0 amide bonds. The van der Waals surface area contributed by atoms with Crippen molar-refractivity contribution < 1.29 is 12.9 Å². The fourth-order valence-electron chi connectivity index (χ4n) is 0.936. The Labute approximate surface area is 77.7 Å².